The predicted octanol–water partition coefficient (Wildman–Crippen LogP) is 1.82. The van der Waals surface area contributed by atoms with Crippen LogP contribution in [0.5, 0.6) is 0 Å². The van der Waals surface area contributed by atoms with E-state index in [4.69, 9.17) is 0 Å². The number of hydrogen-bond acceptors (Lipinski definition) is 3. The summed E-state index contributed by atoms with van der Waals surface area (Å²) in [6, 6.07) is 2.14. The van der Waals surface area contributed by atoms with Gasteiger partial charge in [-0.05, 0) is 71.8 Å². The number of rotatable bonds is 6. The van der Waals surface area contributed by atoms with Crippen molar-refractivity contribution in [3.8, 4) is 0 Å². The lowest BCUT2D eigenvalue weighted by molar-refractivity contribution is 0.206. The molecule has 19 heavy (non-hydrogen) atoms. The summed E-state index contributed by atoms with van der Waals surface area (Å²) in [6.07, 6.45) is 3.90. The van der Waals surface area contributed by atoms with Gasteiger partial charge in [-0.15, -0.1) is 0 Å². The van der Waals surface area contributed by atoms with Crippen LogP contribution >= 0.6 is 0 Å². The van der Waals surface area contributed by atoms with Crippen molar-refractivity contribution in [2.75, 3.05) is 33.2 Å². The molecule has 108 valence electrons. The molecule has 2 heterocycles. The lowest BCUT2D eigenvalue weighted by atomic mass is 9.98. The molecule has 1 aliphatic rings. The first-order valence-electron chi connectivity index (χ1n) is 7.55. The van der Waals surface area contributed by atoms with Gasteiger partial charge < -0.3 is 10.2 Å². The molecule has 0 aromatic carbocycles. The molecule has 0 bridgehead atoms. The summed E-state index contributed by atoms with van der Waals surface area (Å²) in [7, 11) is 2.23. The second kappa shape index (κ2) is 7.06. The fourth-order valence-electron chi connectivity index (χ4n) is 3.00. The van der Waals surface area contributed by atoms with Crippen LogP contribution in [0.1, 0.15) is 30.7 Å². The Labute approximate surface area is 117 Å². The quantitative estimate of drug-likeness (QED) is 0.796. The fourth-order valence-corrected chi connectivity index (χ4v) is 3.00. The van der Waals surface area contributed by atoms with Gasteiger partial charge in [0, 0.05) is 18.8 Å². The Bertz CT molecular complexity index is 385. The van der Waals surface area contributed by atoms with Crippen LogP contribution in [-0.4, -0.2) is 47.9 Å². The van der Waals surface area contributed by atoms with Gasteiger partial charge in [-0.2, -0.15) is 5.10 Å². The van der Waals surface area contributed by atoms with Crippen LogP contribution in [0.3, 0.4) is 0 Å². The minimum atomic E-state index is 0.840. The second-order valence-corrected chi connectivity index (χ2v) is 5.98. The maximum absolute atomic E-state index is 4.49. The van der Waals surface area contributed by atoms with Crippen molar-refractivity contribution in [1.82, 2.24) is 20.0 Å². The molecule has 1 aliphatic heterocycles. The van der Waals surface area contributed by atoms with E-state index < -0.39 is 0 Å². The van der Waals surface area contributed by atoms with Gasteiger partial charge in [0.25, 0.3) is 0 Å². The lowest BCUT2D eigenvalue weighted by Crippen LogP contribution is -2.37. The van der Waals surface area contributed by atoms with E-state index in [1.165, 1.54) is 38.2 Å². The second-order valence-electron chi connectivity index (χ2n) is 5.98. The van der Waals surface area contributed by atoms with E-state index in [2.05, 4.69) is 47.0 Å². The predicted molar refractivity (Wildman–Crippen MR) is 79.4 cm³/mol. The van der Waals surface area contributed by atoms with Crippen LogP contribution in [0.25, 0.3) is 0 Å². The monoisotopic (exact) mass is 264 g/mol. The number of nitrogens with zero attached hydrogens (tertiary/aromatic N) is 3. The highest BCUT2D eigenvalue weighted by Crippen LogP contribution is 2.13. The third kappa shape index (κ3) is 4.62. The zero-order valence-electron chi connectivity index (χ0n) is 12.7. The molecule has 4 heteroatoms. The molecular formula is C15H28N4. The molecule has 0 amide bonds. The summed E-state index contributed by atoms with van der Waals surface area (Å²) in [5.41, 5.74) is 2.39. The SMILES string of the molecule is Cc1cc(C)n(CCCNCC2CCCN(C)C2)n1. The molecule has 1 atom stereocenters. The highest BCUT2D eigenvalue weighted by Gasteiger charge is 2.16. The minimum Gasteiger partial charge on any atom is -0.316 e. The van der Waals surface area contributed by atoms with Gasteiger partial charge in [-0.1, -0.05) is 0 Å². The number of nitrogens with one attached hydrogen (secondary N) is 1. The number of aromatic nitrogens is 2. The van der Waals surface area contributed by atoms with Crippen molar-refractivity contribution in [1.29, 1.82) is 0 Å². The molecule has 1 unspecified atom stereocenters. The number of hydrogen-bond donors (Lipinski definition) is 1. The minimum absolute atomic E-state index is 0.840. The summed E-state index contributed by atoms with van der Waals surface area (Å²) < 4.78 is 2.12. The van der Waals surface area contributed by atoms with Gasteiger partial charge in [-0.25, -0.2) is 0 Å². The normalized spacial score (nSPS) is 20.9. The first-order valence-corrected chi connectivity index (χ1v) is 7.55. The molecule has 1 saturated heterocycles. The van der Waals surface area contributed by atoms with Gasteiger partial charge in [0.2, 0.25) is 0 Å². The Morgan fingerprint density at radius 3 is 2.95 bits per heavy atom. The summed E-state index contributed by atoms with van der Waals surface area (Å²) >= 11 is 0. The molecular weight excluding hydrogens is 236 g/mol. The molecule has 0 aliphatic carbocycles. The van der Waals surface area contributed by atoms with Crippen molar-refractivity contribution >= 4 is 0 Å². The highest BCUT2D eigenvalue weighted by atomic mass is 15.3. The highest BCUT2D eigenvalue weighted by molar-refractivity contribution is 5.06. The van der Waals surface area contributed by atoms with Crippen molar-refractivity contribution in [2.24, 2.45) is 5.92 Å². The zero-order valence-corrected chi connectivity index (χ0v) is 12.7. The molecule has 1 fully saturated rings. The Kier molecular flexibility index (Phi) is 5.40. The average Bonchev–Trinajstić information content (AvgIpc) is 2.68. The molecule has 0 saturated carbocycles. The first kappa shape index (κ1) is 14.5. The Morgan fingerprint density at radius 1 is 1.42 bits per heavy atom. The van der Waals surface area contributed by atoms with E-state index in [0.717, 1.165) is 31.1 Å². The first-order chi connectivity index (χ1) is 9.15. The zero-order chi connectivity index (χ0) is 13.7. The van der Waals surface area contributed by atoms with Crippen molar-refractivity contribution in [3.05, 3.63) is 17.5 Å². The number of piperidine rings is 1. The summed E-state index contributed by atoms with van der Waals surface area (Å²) in [5, 5.41) is 8.09. The molecule has 0 spiro atoms. The molecule has 1 N–H and O–H groups in total. The van der Waals surface area contributed by atoms with Gasteiger partial charge in [0.1, 0.15) is 0 Å². The summed E-state index contributed by atoms with van der Waals surface area (Å²) in [4.78, 5) is 2.45. The van der Waals surface area contributed by atoms with E-state index in [9.17, 15) is 0 Å². The summed E-state index contributed by atoms with van der Waals surface area (Å²) in [5.74, 6) is 0.840. The topological polar surface area (TPSA) is 33.1 Å². The van der Waals surface area contributed by atoms with Crippen LogP contribution in [0, 0.1) is 19.8 Å². The summed E-state index contributed by atoms with van der Waals surface area (Å²) in [6.45, 7) is 10.0. The van der Waals surface area contributed by atoms with Gasteiger partial charge >= 0.3 is 0 Å². The van der Waals surface area contributed by atoms with Gasteiger partial charge in [0.15, 0.2) is 0 Å². The Hall–Kier alpha value is -0.870. The van der Waals surface area contributed by atoms with Crippen LogP contribution in [0.4, 0.5) is 0 Å². The van der Waals surface area contributed by atoms with Crippen LogP contribution in [0.2, 0.25) is 0 Å². The van der Waals surface area contributed by atoms with Crippen LogP contribution in [0.15, 0.2) is 6.07 Å². The third-order valence-corrected chi connectivity index (χ3v) is 3.98. The van der Waals surface area contributed by atoms with E-state index >= 15 is 0 Å². The van der Waals surface area contributed by atoms with E-state index in [-0.39, 0.29) is 0 Å². The number of likely N-dealkylation sites (tertiary alicyclic amines) is 1. The molecule has 1 aromatic rings. The van der Waals surface area contributed by atoms with Gasteiger partial charge in [0.05, 0.1) is 5.69 Å². The molecule has 1 aromatic heterocycles. The lowest BCUT2D eigenvalue weighted by Gasteiger charge is -2.29. The van der Waals surface area contributed by atoms with Crippen LogP contribution in [-0.2, 0) is 6.54 Å². The number of aryl methyl sites for hydroxylation is 3. The Balaban J connectivity index is 1.58. The standard InChI is InChI=1S/C15H28N4/c1-13-10-14(2)19(17-13)9-5-7-16-11-15-6-4-8-18(3)12-15/h10,15-16H,4-9,11-12H2,1-3H3. The fraction of sp³-hybridized carbons (Fsp3) is 0.800. The van der Waals surface area contributed by atoms with Crippen molar-refractivity contribution in [2.45, 2.75) is 39.7 Å². The average molecular weight is 264 g/mol. The third-order valence-electron chi connectivity index (χ3n) is 3.98. The van der Waals surface area contributed by atoms with E-state index in [1.54, 1.807) is 0 Å². The van der Waals surface area contributed by atoms with E-state index in [1.807, 2.05) is 0 Å². The molecule has 0 radical (unpaired) electrons. The smallest absolute Gasteiger partial charge is 0.0596 e. The van der Waals surface area contributed by atoms with Crippen molar-refractivity contribution in [3.63, 3.8) is 0 Å². The Morgan fingerprint density at radius 2 is 2.26 bits per heavy atom. The molecule has 2 rings (SSSR count). The maximum Gasteiger partial charge on any atom is 0.0596 e. The molecule has 4 nitrogen and oxygen atoms in total. The van der Waals surface area contributed by atoms with Crippen molar-refractivity contribution < 1.29 is 0 Å². The van der Waals surface area contributed by atoms with Gasteiger partial charge in [-0.3, -0.25) is 4.68 Å². The van der Waals surface area contributed by atoms with Crippen LogP contribution < -0.4 is 5.32 Å². The maximum atomic E-state index is 4.49. The largest absolute Gasteiger partial charge is 0.316 e. The van der Waals surface area contributed by atoms with E-state index in [0.29, 0.717) is 0 Å².